The molecule has 0 spiro atoms. The van der Waals surface area contributed by atoms with Crippen molar-refractivity contribution >= 4 is 18.7 Å². The van der Waals surface area contributed by atoms with Gasteiger partial charge in [0.05, 0.1) is 6.10 Å². The number of benzene rings is 2. The van der Waals surface area contributed by atoms with Crippen molar-refractivity contribution in [1.82, 2.24) is 0 Å². The summed E-state index contributed by atoms with van der Waals surface area (Å²) in [7, 11) is -2.75. The van der Waals surface area contributed by atoms with E-state index in [1.807, 2.05) is 36.4 Å². The van der Waals surface area contributed by atoms with Gasteiger partial charge in [0.25, 0.3) is 8.32 Å². The molecule has 1 aliphatic carbocycles. The molecule has 0 heterocycles. The maximum absolute atomic E-state index is 13.3. The van der Waals surface area contributed by atoms with Gasteiger partial charge in [-0.25, -0.2) is 8.78 Å². The van der Waals surface area contributed by atoms with Crippen molar-refractivity contribution in [3.8, 4) is 0 Å². The van der Waals surface area contributed by atoms with E-state index in [0.717, 1.165) is 10.4 Å². The van der Waals surface area contributed by atoms with Crippen molar-refractivity contribution in [3.05, 3.63) is 60.7 Å². The first-order chi connectivity index (χ1) is 12.8. The number of alkyl halides is 2. The molecule has 27 heavy (non-hydrogen) atoms. The van der Waals surface area contributed by atoms with Gasteiger partial charge in [0.2, 0.25) is 6.43 Å². The molecule has 0 unspecified atom stereocenters. The van der Waals surface area contributed by atoms with Crippen molar-refractivity contribution in [2.75, 3.05) is 0 Å². The summed E-state index contributed by atoms with van der Waals surface area (Å²) in [6, 6.07) is 20.1. The largest absolute Gasteiger partial charge is 0.403 e. The van der Waals surface area contributed by atoms with Gasteiger partial charge in [-0.3, -0.25) is 0 Å². The monoisotopic (exact) mass is 389 g/mol. The molecule has 1 saturated carbocycles. The Hall–Kier alpha value is -1.56. The molecule has 2 nitrogen and oxygen atoms in total. The van der Waals surface area contributed by atoms with Crippen LogP contribution in [0.25, 0.3) is 0 Å². The first-order valence-electron chi connectivity index (χ1n) is 9.58. The second-order valence-electron chi connectivity index (χ2n) is 8.55. The Balaban J connectivity index is 2.10. The van der Waals surface area contributed by atoms with Gasteiger partial charge in [0.1, 0.15) is 0 Å². The fourth-order valence-corrected chi connectivity index (χ4v) is 9.07. The van der Waals surface area contributed by atoms with E-state index in [0.29, 0.717) is 12.8 Å². The molecule has 146 valence electrons. The zero-order chi connectivity index (χ0) is 19.7. The van der Waals surface area contributed by atoms with E-state index in [9.17, 15) is 8.78 Å². The molecule has 0 aromatic heterocycles. The van der Waals surface area contributed by atoms with Crippen molar-refractivity contribution in [1.29, 1.82) is 0 Å². The highest BCUT2D eigenvalue weighted by Gasteiger charge is 2.53. The predicted octanol–water partition coefficient (Wildman–Crippen LogP) is 3.93. The molecule has 3 rings (SSSR count). The summed E-state index contributed by atoms with van der Waals surface area (Å²) >= 11 is 0. The summed E-state index contributed by atoms with van der Waals surface area (Å²) in [4.78, 5) is 0. The standard InChI is InChI=1S/C22H29F2NOSi/c1-22(2,3)27(17-10-6-4-7-11-17,18-12-8-5-9-13-18)26-20-15-16(21(23)24)14-19(20)25/h4-13,16,19-21H,14-15,25H2,1-3H3/t16-,19-,20-/m1/s1. The molecule has 3 atom stereocenters. The predicted molar refractivity (Wildman–Crippen MR) is 109 cm³/mol. The maximum atomic E-state index is 13.3. The lowest BCUT2D eigenvalue weighted by Crippen LogP contribution is -2.68. The Bertz CT molecular complexity index is 693. The van der Waals surface area contributed by atoms with Crippen LogP contribution in [0.4, 0.5) is 8.78 Å². The van der Waals surface area contributed by atoms with Crippen molar-refractivity contribution < 1.29 is 13.2 Å². The molecule has 2 aromatic rings. The van der Waals surface area contributed by atoms with Gasteiger partial charge < -0.3 is 10.2 Å². The van der Waals surface area contributed by atoms with E-state index >= 15 is 0 Å². The number of nitrogens with two attached hydrogens (primary N) is 1. The molecular weight excluding hydrogens is 360 g/mol. The lowest BCUT2D eigenvalue weighted by molar-refractivity contribution is 0.0719. The van der Waals surface area contributed by atoms with Gasteiger partial charge in [-0.05, 0) is 28.3 Å². The quantitative estimate of drug-likeness (QED) is 0.787. The summed E-state index contributed by atoms with van der Waals surface area (Å²) in [6.07, 6.45) is -2.05. The number of hydrogen-bond donors (Lipinski definition) is 1. The number of hydrogen-bond acceptors (Lipinski definition) is 2. The highest BCUT2D eigenvalue weighted by atomic mass is 28.4. The SMILES string of the molecule is CC(C)(C)[Si](O[C@@H]1C[C@H](C(F)F)C[C@H]1N)(c1ccccc1)c1ccccc1. The average Bonchev–Trinajstić information content (AvgIpc) is 3.01. The fourth-order valence-electron chi connectivity index (χ4n) is 4.33. The molecule has 1 aliphatic rings. The van der Waals surface area contributed by atoms with Crippen molar-refractivity contribution in [3.63, 3.8) is 0 Å². The van der Waals surface area contributed by atoms with Crippen LogP contribution in [0, 0.1) is 5.92 Å². The van der Waals surface area contributed by atoms with Crippen LogP contribution in [0.15, 0.2) is 60.7 Å². The lowest BCUT2D eigenvalue weighted by atomic mass is 10.1. The highest BCUT2D eigenvalue weighted by molar-refractivity contribution is 6.99. The molecule has 0 saturated heterocycles. The van der Waals surface area contributed by atoms with E-state index in [2.05, 4.69) is 45.0 Å². The summed E-state index contributed by atoms with van der Waals surface area (Å²) in [6.45, 7) is 6.55. The molecule has 2 aromatic carbocycles. The third-order valence-corrected chi connectivity index (χ3v) is 10.8. The molecule has 0 radical (unpaired) electrons. The van der Waals surface area contributed by atoms with Crippen LogP contribution >= 0.6 is 0 Å². The zero-order valence-corrected chi connectivity index (χ0v) is 17.2. The smallest absolute Gasteiger partial charge is 0.261 e. The zero-order valence-electron chi connectivity index (χ0n) is 16.2. The first kappa shape index (κ1) is 20.2. The minimum atomic E-state index is -2.75. The maximum Gasteiger partial charge on any atom is 0.261 e. The third-order valence-electron chi connectivity index (χ3n) is 5.69. The van der Waals surface area contributed by atoms with Gasteiger partial charge in [-0.1, -0.05) is 81.4 Å². The first-order valence-corrected chi connectivity index (χ1v) is 11.5. The van der Waals surface area contributed by atoms with E-state index in [1.165, 1.54) is 0 Å². The van der Waals surface area contributed by atoms with Crippen LogP contribution in [-0.2, 0) is 4.43 Å². The molecule has 0 bridgehead atoms. The highest BCUT2D eigenvalue weighted by Crippen LogP contribution is 2.41. The number of halogens is 2. The third kappa shape index (κ3) is 3.86. The summed E-state index contributed by atoms with van der Waals surface area (Å²) in [5.41, 5.74) is 6.28. The van der Waals surface area contributed by atoms with Gasteiger partial charge in [-0.2, -0.15) is 0 Å². The Morgan fingerprint density at radius 1 is 0.926 bits per heavy atom. The topological polar surface area (TPSA) is 35.2 Å². The van der Waals surface area contributed by atoms with Gasteiger partial charge in [-0.15, -0.1) is 0 Å². The van der Waals surface area contributed by atoms with E-state index in [1.54, 1.807) is 0 Å². The molecule has 0 amide bonds. The van der Waals surface area contributed by atoms with Gasteiger partial charge in [0, 0.05) is 12.0 Å². The van der Waals surface area contributed by atoms with Crippen LogP contribution in [0.2, 0.25) is 5.04 Å². The molecule has 1 fully saturated rings. The Labute approximate surface area is 161 Å². The Morgan fingerprint density at radius 2 is 1.41 bits per heavy atom. The van der Waals surface area contributed by atoms with Crippen LogP contribution in [0.3, 0.4) is 0 Å². The summed E-state index contributed by atoms with van der Waals surface area (Å²) in [5.74, 6) is -0.678. The Morgan fingerprint density at radius 3 is 1.78 bits per heavy atom. The van der Waals surface area contributed by atoms with Crippen LogP contribution in [0.1, 0.15) is 33.6 Å². The Kier molecular flexibility index (Phi) is 5.84. The summed E-state index contributed by atoms with van der Waals surface area (Å²) < 4.78 is 33.5. The lowest BCUT2D eigenvalue weighted by Gasteiger charge is -2.45. The van der Waals surface area contributed by atoms with Crippen LogP contribution < -0.4 is 16.1 Å². The van der Waals surface area contributed by atoms with Crippen LogP contribution in [0.5, 0.6) is 0 Å². The molecule has 2 N–H and O–H groups in total. The molecular formula is C22H29F2NOSi. The van der Waals surface area contributed by atoms with Crippen LogP contribution in [-0.4, -0.2) is 26.9 Å². The number of rotatable bonds is 5. The average molecular weight is 390 g/mol. The molecule has 5 heteroatoms. The minimum absolute atomic E-state index is 0.182. The fraction of sp³-hybridized carbons (Fsp3) is 0.455. The van der Waals surface area contributed by atoms with Gasteiger partial charge in [0.15, 0.2) is 0 Å². The van der Waals surface area contributed by atoms with E-state index in [-0.39, 0.29) is 17.2 Å². The second-order valence-corrected chi connectivity index (χ2v) is 12.8. The second kappa shape index (κ2) is 7.82. The normalized spacial score (nSPS) is 23.7. The van der Waals surface area contributed by atoms with E-state index < -0.39 is 20.7 Å². The summed E-state index contributed by atoms with van der Waals surface area (Å²) in [5, 5.41) is 2.12. The van der Waals surface area contributed by atoms with E-state index in [4.69, 9.17) is 10.2 Å². The molecule has 0 aliphatic heterocycles. The minimum Gasteiger partial charge on any atom is -0.403 e. The van der Waals surface area contributed by atoms with Crippen molar-refractivity contribution in [2.24, 2.45) is 11.7 Å². The van der Waals surface area contributed by atoms with Crippen molar-refractivity contribution in [2.45, 2.75) is 57.2 Å². The van der Waals surface area contributed by atoms with Gasteiger partial charge >= 0.3 is 0 Å².